The Balaban J connectivity index is 1.57. The van der Waals surface area contributed by atoms with Gasteiger partial charge in [-0.05, 0) is 0 Å². The average molecular weight is 787 g/mol. The van der Waals surface area contributed by atoms with Gasteiger partial charge in [-0.3, -0.25) is 0 Å². The Bertz CT molecular complexity index is 1840. The Kier molecular flexibility index (Phi) is 7.29. The first kappa shape index (κ1) is 32.0. The molecule has 236 valence electrons. The fourth-order valence-electron chi connectivity index (χ4n) is 10.8. The molecule has 0 radical (unpaired) electrons. The maximum absolute atomic E-state index is 3.21. The molecule has 0 bridgehead atoms. The SMILES string of the molecule is Cc1ccc(C)c(-c2cccc3c2C=C2[CH]3[Hf]([CH3])([CH3])[CH]3C(=Cc4c(-c5cc(C)ccc5C)cccc43)[Si]2(C(C)(C)C)C(C)(C)C)c1. The number of benzene rings is 4. The summed E-state index contributed by atoms with van der Waals surface area (Å²) in [6.07, 6.45) is 5.57. The first-order valence-corrected chi connectivity index (χ1v) is 30.7. The van der Waals surface area contributed by atoms with Gasteiger partial charge in [0.1, 0.15) is 0 Å². The molecule has 2 heteroatoms. The zero-order chi connectivity index (χ0) is 33.1. The molecule has 2 unspecified atom stereocenters. The van der Waals surface area contributed by atoms with Crippen LogP contribution in [0.15, 0.2) is 83.2 Å². The molecule has 46 heavy (non-hydrogen) atoms. The summed E-state index contributed by atoms with van der Waals surface area (Å²) in [5.74, 6) is 0. The van der Waals surface area contributed by atoms with Gasteiger partial charge < -0.3 is 0 Å². The molecule has 1 fully saturated rings. The van der Waals surface area contributed by atoms with Crippen LogP contribution in [0.5, 0.6) is 0 Å². The van der Waals surface area contributed by atoms with Crippen LogP contribution in [0.4, 0.5) is 0 Å². The van der Waals surface area contributed by atoms with Crippen molar-refractivity contribution in [3.8, 4) is 22.3 Å². The second kappa shape index (κ2) is 10.5. The van der Waals surface area contributed by atoms with E-state index in [1.807, 2.05) is 10.4 Å². The summed E-state index contributed by atoms with van der Waals surface area (Å²) >= 11 is -3.21. The fourth-order valence-corrected chi connectivity index (χ4v) is 44.6. The van der Waals surface area contributed by atoms with E-state index < -0.39 is 28.0 Å². The normalized spacial score (nSPS) is 20.8. The summed E-state index contributed by atoms with van der Waals surface area (Å²) in [4.78, 5) is 0. The molecule has 1 heterocycles. The Morgan fingerprint density at radius 1 is 0.522 bits per heavy atom. The molecule has 0 aromatic heterocycles. The predicted octanol–water partition coefficient (Wildman–Crippen LogP) is 13.2. The van der Waals surface area contributed by atoms with E-state index in [-0.39, 0.29) is 10.1 Å². The third kappa shape index (κ3) is 4.31. The maximum atomic E-state index is 2.81. The van der Waals surface area contributed by atoms with Gasteiger partial charge in [0.25, 0.3) is 0 Å². The molecule has 1 aliphatic heterocycles. The van der Waals surface area contributed by atoms with Gasteiger partial charge in [0, 0.05) is 0 Å². The second-order valence-corrected chi connectivity index (χ2v) is 40.3. The van der Waals surface area contributed by atoms with Gasteiger partial charge in [0.15, 0.2) is 0 Å². The molecule has 7 rings (SSSR count). The number of aryl methyl sites for hydroxylation is 4. The Labute approximate surface area is 284 Å². The molecule has 0 spiro atoms. The van der Waals surface area contributed by atoms with E-state index in [2.05, 4.69) is 164 Å². The number of rotatable bonds is 2. The zero-order valence-corrected chi connectivity index (χ0v) is 34.8. The molecule has 3 aliphatic rings. The van der Waals surface area contributed by atoms with E-state index in [1.54, 1.807) is 11.1 Å². The third-order valence-corrected chi connectivity index (χ3v) is 36.4. The van der Waals surface area contributed by atoms with Crippen LogP contribution < -0.4 is 0 Å². The summed E-state index contributed by atoms with van der Waals surface area (Å²) < 4.78 is 6.84. The molecule has 0 amide bonds. The second-order valence-electron chi connectivity index (χ2n) is 17.4. The number of allylic oxidation sites excluding steroid dienone is 2. The quantitative estimate of drug-likeness (QED) is 0.178. The van der Waals surface area contributed by atoms with Crippen molar-refractivity contribution >= 4 is 20.2 Å². The van der Waals surface area contributed by atoms with Crippen molar-refractivity contribution in [3.63, 3.8) is 0 Å². The van der Waals surface area contributed by atoms with Crippen LogP contribution in [-0.2, 0) is 20.0 Å². The first-order chi connectivity index (χ1) is 21.5. The standard InChI is InChI=1S/C42H46Si.2CH3.Hf/c1-27-17-19-29(3)37(21-27)35-15-11-13-31-23-33(25-39(31)35)43(41(5,6)7,42(8,9)10)34-24-32-14-12-16-36(40(32)26-34)38-22-28(2)18-20-30(38)4;;;/h11-26H,1-10H3;2*1H3;. The van der Waals surface area contributed by atoms with Crippen LogP contribution in [0.3, 0.4) is 0 Å². The van der Waals surface area contributed by atoms with E-state index in [4.69, 9.17) is 0 Å². The van der Waals surface area contributed by atoms with Crippen LogP contribution in [0.1, 0.15) is 93.4 Å². The van der Waals surface area contributed by atoms with Crippen LogP contribution in [0.2, 0.25) is 19.4 Å². The van der Waals surface area contributed by atoms with Crippen LogP contribution >= 0.6 is 0 Å². The molecule has 2 atom stereocenters. The molecule has 0 nitrogen and oxygen atoms in total. The number of fused-ring (bicyclic) bond motifs is 6. The number of hydrogen-bond acceptors (Lipinski definition) is 0. The fraction of sp³-hybridized carbons (Fsp3) is 0.364. The molecule has 4 aromatic carbocycles. The summed E-state index contributed by atoms with van der Waals surface area (Å²) in [7, 11) is -2.35. The zero-order valence-electron chi connectivity index (χ0n) is 30.2. The van der Waals surface area contributed by atoms with Crippen molar-refractivity contribution < 1.29 is 20.0 Å². The summed E-state index contributed by atoms with van der Waals surface area (Å²) in [6, 6.07) is 28.6. The monoisotopic (exact) mass is 788 g/mol. The van der Waals surface area contributed by atoms with Crippen molar-refractivity contribution in [2.24, 2.45) is 0 Å². The van der Waals surface area contributed by atoms with Gasteiger partial charge in [-0.25, -0.2) is 0 Å². The van der Waals surface area contributed by atoms with Crippen molar-refractivity contribution in [3.05, 3.63) is 128 Å². The Morgan fingerprint density at radius 2 is 0.913 bits per heavy atom. The minimum atomic E-state index is -3.21. The van der Waals surface area contributed by atoms with Crippen LogP contribution in [0, 0.1) is 27.7 Å². The van der Waals surface area contributed by atoms with E-state index in [1.165, 1.54) is 55.6 Å². The van der Waals surface area contributed by atoms with Gasteiger partial charge in [-0.15, -0.1) is 0 Å². The summed E-state index contributed by atoms with van der Waals surface area (Å²) in [5, 5.41) is 4.03. The van der Waals surface area contributed by atoms with Crippen molar-refractivity contribution in [1.82, 2.24) is 0 Å². The van der Waals surface area contributed by atoms with Gasteiger partial charge in [0.2, 0.25) is 0 Å². The van der Waals surface area contributed by atoms with Gasteiger partial charge >= 0.3 is 286 Å². The Hall–Kier alpha value is -2.55. The van der Waals surface area contributed by atoms with E-state index in [0.29, 0.717) is 7.35 Å². The van der Waals surface area contributed by atoms with Gasteiger partial charge in [0.05, 0.1) is 0 Å². The summed E-state index contributed by atoms with van der Waals surface area (Å²) in [5.41, 5.74) is 17.5. The van der Waals surface area contributed by atoms with E-state index >= 15 is 0 Å². The molecule has 0 saturated carbocycles. The van der Waals surface area contributed by atoms with Crippen molar-refractivity contribution in [1.29, 1.82) is 0 Å². The van der Waals surface area contributed by atoms with Gasteiger partial charge in [-0.2, -0.15) is 0 Å². The Morgan fingerprint density at radius 3 is 1.28 bits per heavy atom. The third-order valence-electron chi connectivity index (χ3n) is 12.1. The minimum absolute atomic E-state index is 0.159. The molecular weight excluding hydrogens is 735 g/mol. The average Bonchev–Trinajstić information content (AvgIpc) is 3.55. The number of hydrogen-bond donors (Lipinski definition) is 0. The van der Waals surface area contributed by atoms with Crippen LogP contribution in [0.25, 0.3) is 34.4 Å². The molecule has 0 N–H and O–H groups in total. The van der Waals surface area contributed by atoms with E-state index in [9.17, 15) is 0 Å². The van der Waals surface area contributed by atoms with Crippen molar-refractivity contribution in [2.75, 3.05) is 0 Å². The first-order valence-electron chi connectivity index (χ1n) is 17.4. The van der Waals surface area contributed by atoms with Gasteiger partial charge in [-0.1, -0.05) is 0 Å². The molecule has 4 aromatic rings. The topological polar surface area (TPSA) is 0 Å². The van der Waals surface area contributed by atoms with Crippen molar-refractivity contribution in [2.45, 2.75) is 96.0 Å². The summed E-state index contributed by atoms with van der Waals surface area (Å²) in [6.45, 7) is 24.6. The van der Waals surface area contributed by atoms with Crippen LogP contribution in [-0.4, -0.2) is 8.07 Å². The molecular formula is C44H52HfSi. The molecule has 1 saturated heterocycles. The van der Waals surface area contributed by atoms with E-state index in [0.717, 1.165) is 0 Å². The predicted molar refractivity (Wildman–Crippen MR) is 201 cm³/mol. The molecule has 2 aliphatic carbocycles.